The molecule has 8 nitrogen and oxygen atoms in total. The molecule has 3 aliphatic rings. The van der Waals surface area contributed by atoms with Gasteiger partial charge < -0.3 is 18.3 Å². The number of rotatable bonds is 9. The van der Waals surface area contributed by atoms with Crippen molar-refractivity contribution >= 4 is 13.6 Å². The van der Waals surface area contributed by atoms with E-state index in [1.807, 2.05) is 0 Å². The first-order chi connectivity index (χ1) is 15.0. The van der Waals surface area contributed by atoms with Crippen LogP contribution in [0.4, 0.5) is 0 Å². The van der Waals surface area contributed by atoms with E-state index in [-0.39, 0.29) is 25.5 Å². The lowest BCUT2D eigenvalue weighted by molar-refractivity contribution is -0.154. The molecule has 0 radical (unpaired) electrons. The van der Waals surface area contributed by atoms with Crippen LogP contribution in [0.3, 0.4) is 0 Å². The van der Waals surface area contributed by atoms with Gasteiger partial charge in [0.15, 0.2) is 11.5 Å². The monoisotopic (exact) mass is 468 g/mol. The fraction of sp³-hybridized carbons (Fsp3) is 0.870. The third kappa shape index (κ3) is 4.69. The molecule has 3 aliphatic carbocycles. The number of nitrogens with zero attached hydrogens (tertiary/aromatic N) is 2. The van der Waals surface area contributed by atoms with Crippen molar-refractivity contribution in [3.63, 3.8) is 0 Å². The Morgan fingerprint density at radius 1 is 1.16 bits per heavy atom. The van der Waals surface area contributed by atoms with E-state index in [2.05, 4.69) is 10.1 Å². The molecule has 0 aliphatic heterocycles. The summed E-state index contributed by atoms with van der Waals surface area (Å²) in [6, 6.07) is 0. The fourth-order valence-corrected chi connectivity index (χ4v) is 7.82. The van der Waals surface area contributed by atoms with Gasteiger partial charge in [0.1, 0.15) is 5.60 Å². The van der Waals surface area contributed by atoms with Gasteiger partial charge in [0, 0.05) is 5.92 Å². The predicted octanol–water partition coefficient (Wildman–Crippen LogP) is 5.42. The minimum atomic E-state index is -3.78. The van der Waals surface area contributed by atoms with Crippen LogP contribution in [0.25, 0.3) is 0 Å². The Morgan fingerprint density at radius 2 is 1.78 bits per heavy atom. The van der Waals surface area contributed by atoms with E-state index >= 15 is 0 Å². The van der Waals surface area contributed by atoms with Crippen LogP contribution in [0.15, 0.2) is 4.52 Å². The molecule has 0 N–H and O–H groups in total. The number of hydrogen-bond donors (Lipinski definition) is 0. The first-order valence-corrected chi connectivity index (χ1v) is 13.6. The SMILES string of the molecule is CCOP(=O)(OCC)C(Cc1nc(C2CC3(C2)CC2(CCC2)C3)no1)C(=O)OC(C)(C)C. The van der Waals surface area contributed by atoms with Gasteiger partial charge in [0.25, 0.3) is 0 Å². The van der Waals surface area contributed by atoms with Gasteiger partial charge in [-0.1, -0.05) is 11.6 Å². The minimum absolute atomic E-state index is 0.0415. The second kappa shape index (κ2) is 8.52. The number of hydrogen-bond acceptors (Lipinski definition) is 8. The second-order valence-electron chi connectivity index (χ2n) is 11.0. The summed E-state index contributed by atoms with van der Waals surface area (Å²) in [5.41, 5.74) is -0.745. The maximum atomic E-state index is 13.4. The van der Waals surface area contributed by atoms with Gasteiger partial charge >= 0.3 is 13.6 Å². The first-order valence-electron chi connectivity index (χ1n) is 12.0. The molecule has 1 atom stereocenters. The van der Waals surface area contributed by atoms with Gasteiger partial charge in [0.05, 0.1) is 19.6 Å². The average Bonchev–Trinajstić information content (AvgIpc) is 3.03. The van der Waals surface area contributed by atoms with Crippen LogP contribution in [0.2, 0.25) is 0 Å². The lowest BCUT2D eigenvalue weighted by Gasteiger charge is -2.66. The Labute approximate surface area is 190 Å². The summed E-state index contributed by atoms with van der Waals surface area (Å²) in [6.07, 6.45) is 9.08. The van der Waals surface area contributed by atoms with E-state index in [0.29, 0.717) is 22.6 Å². The molecule has 1 aromatic heterocycles. The summed E-state index contributed by atoms with van der Waals surface area (Å²) >= 11 is 0. The number of esters is 1. The average molecular weight is 469 g/mol. The summed E-state index contributed by atoms with van der Waals surface area (Å²) in [7, 11) is -3.78. The molecule has 3 fully saturated rings. The highest BCUT2D eigenvalue weighted by Gasteiger charge is 2.62. The standard InChI is InChI=1S/C23H37N2O6P/c1-6-28-32(27,29-7-2)17(20(26)30-21(3,4)5)11-18-24-19(25-31-18)16-12-23(13-16)14-22(15-23)9-8-10-22/h16-17H,6-15H2,1-5H3. The van der Waals surface area contributed by atoms with Crippen LogP contribution in [0, 0.1) is 10.8 Å². The van der Waals surface area contributed by atoms with Gasteiger partial charge in [-0.15, -0.1) is 0 Å². The molecule has 0 bridgehead atoms. The molecule has 2 spiro atoms. The molecule has 0 amide bonds. The molecule has 9 heteroatoms. The Morgan fingerprint density at radius 3 is 2.28 bits per heavy atom. The third-order valence-corrected chi connectivity index (χ3v) is 9.56. The van der Waals surface area contributed by atoms with Crippen LogP contribution in [0.1, 0.15) is 97.2 Å². The van der Waals surface area contributed by atoms with Crippen molar-refractivity contribution in [1.82, 2.24) is 10.1 Å². The van der Waals surface area contributed by atoms with E-state index in [0.717, 1.165) is 12.8 Å². The summed E-state index contributed by atoms with van der Waals surface area (Å²) in [5.74, 6) is 0.604. The molecular formula is C23H37N2O6P. The molecule has 3 saturated carbocycles. The van der Waals surface area contributed by atoms with Crippen molar-refractivity contribution in [3.8, 4) is 0 Å². The molecule has 1 unspecified atom stereocenters. The van der Waals surface area contributed by atoms with E-state index in [9.17, 15) is 9.36 Å². The van der Waals surface area contributed by atoms with Crippen LogP contribution < -0.4 is 0 Å². The lowest BCUT2D eigenvalue weighted by atomic mass is 9.38. The molecule has 4 rings (SSSR count). The fourth-order valence-electron chi connectivity index (χ4n) is 5.98. The topological polar surface area (TPSA) is 101 Å². The van der Waals surface area contributed by atoms with Gasteiger partial charge in [-0.05, 0) is 84.0 Å². The predicted molar refractivity (Wildman–Crippen MR) is 118 cm³/mol. The molecule has 180 valence electrons. The van der Waals surface area contributed by atoms with Crippen molar-refractivity contribution in [1.29, 1.82) is 0 Å². The Balaban J connectivity index is 1.43. The van der Waals surface area contributed by atoms with E-state index in [1.54, 1.807) is 34.6 Å². The van der Waals surface area contributed by atoms with Crippen molar-refractivity contribution in [2.75, 3.05) is 13.2 Å². The maximum absolute atomic E-state index is 13.4. The van der Waals surface area contributed by atoms with E-state index in [1.165, 1.54) is 32.1 Å². The maximum Gasteiger partial charge on any atom is 0.345 e. The molecule has 1 aromatic rings. The van der Waals surface area contributed by atoms with Gasteiger partial charge in [0.2, 0.25) is 5.89 Å². The second-order valence-corrected chi connectivity index (χ2v) is 13.2. The van der Waals surface area contributed by atoms with Gasteiger partial charge in [-0.2, -0.15) is 4.98 Å². The Bertz CT molecular complexity index is 861. The zero-order chi connectivity index (χ0) is 23.2. The summed E-state index contributed by atoms with van der Waals surface area (Å²) < 4.78 is 35.4. The number of carbonyl (C=O) groups is 1. The highest BCUT2D eigenvalue weighted by atomic mass is 31.2. The lowest BCUT2D eigenvalue weighted by Crippen LogP contribution is -2.55. The van der Waals surface area contributed by atoms with Crippen molar-refractivity contribution in [3.05, 3.63) is 11.7 Å². The third-order valence-electron chi connectivity index (χ3n) is 7.17. The van der Waals surface area contributed by atoms with Crippen molar-refractivity contribution in [2.45, 2.75) is 103 Å². The van der Waals surface area contributed by atoms with E-state index < -0.39 is 24.8 Å². The zero-order valence-electron chi connectivity index (χ0n) is 20.0. The quantitative estimate of drug-likeness (QED) is 0.350. The zero-order valence-corrected chi connectivity index (χ0v) is 20.9. The van der Waals surface area contributed by atoms with E-state index in [4.69, 9.17) is 18.3 Å². The molecule has 32 heavy (non-hydrogen) atoms. The Kier molecular flexibility index (Phi) is 6.36. The smallest absolute Gasteiger partial charge is 0.345 e. The van der Waals surface area contributed by atoms with Crippen LogP contribution in [-0.2, 0) is 29.6 Å². The summed E-state index contributed by atoms with van der Waals surface area (Å²) in [4.78, 5) is 17.5. The Hall–Kier alpha value is -1.24. The van der Waals surface area contributed by atoms with Crippen molar-refractivity contribution in [2.24, 2.45) is 10.8 Å². The first kappa shape index (κ1) is 23.9. The highest BCUT2D eigenvalue weighted by molar-refractivity contribution is 7.55. The molecule has 0 aromatic carbocycles. The number of ether oxygens (including phenoxy) is 1. The van der Waals surface area contributed by atoms with Gasteiger partial charge in [-0.3, -0.25) is 9.36 Å². The van der Waals surface area contributed by atoms with Crippen LogP contribution in [-0.4, -0.2) is 40.6 Å². The van der Waals surface area contributed by atoms with Crippen LogP contribution >= 0.6 is 7.60 Å². The number of carbonyl (C=O) groups excluding carboxylic acids is 1. The highest BCUT2D eigenvalue weighted by Crippen LogP contribution is 2.73. The number of aromatic nitrogens is 2. The molecule has 1 heterocycles. The summed E-state index contributed by atoms with van der Waals surface area (Å²) in [6.45, 7) is 9.01. The van der Waals surface area contributed by atoms with Crippen LogP contribution in [0.5, 0.6) is 0 Å². The molecule has 0 saturated heterocycles. The van der Waals surface area contributed by atoms with Gasteiger partial charge in [-0.25, -0.2) is 0 Å². The summed E-state index contributed by atoms with van der Waals surface area (Å²) in [5, 5.41) is 4.18. The molecular weight excluding hydrogens is 431 g/mol. The minimum Gasteiger partial charge on any atom is -0.459 e. The normalized spacial score (nSPS) is 22.8. The largest absolute Gasteiger partial charge is 0.459 e. The van der Waals surface area contributed by atoms with Crippen molar-refractivity contribution < 1.29 is 27.7 Å².